The highest BCUT2D eigenvalue weighted by atomic mass is 127. The first-order valence-electron chi connectivity index (χ1n) is 9.41. The van der Waals surface area contributed by atoms with Gasteiger partial charge in [-0.3, -0.25) is 9.89 Å². The molecule has 26 heavy (non-hydrogen) atoms. The molecule has 1 fully saturated rings. The lowest BCUT2D eigenvalue weighted by molar-refractivity contribution is 0.0483. The van der Waals surface area contributed by atoms with Crippen molar-refractivity contribution in [2.45, 2.75) is 53.0 Å². The molecule has 1 aliphatic heterocycles. The van der Waals surface area contributed by atoms with E-state index in [0.717, 1.165) is 37.3 Å². The maximum atomic E-state index is 4.41. The van der Waals surface area contributed by atoms with Gasteiger partial charge in [-0.15, -0.1) is 35.3 Å². The zero-order chi connectivity index (χ0) is 18.4. The molecule has 0 bridgehead atoms. The Morgan fingerprint density at radius 2 is 1.96 bits per heavy atom. The van der Waals surface area contributed by atoms with Gasteiger partial charge >= 0.3 is 0 Å². The molecule has 2 rings (SSSR count). The van der Waals surface area contributed by atoms with Gasteiger partial charge in [0.15, 0.2) is 5.96 Å². The predicted molar refractivity (Wildman–Crippen MR) is 124 cm³/mol. The first kappa shape index (κ1) is 23.6. The van der Waals surface area contributed by atoms with Gasteiger partial charge in [0.25, 0.3) is 0 Å². The van der Waals surface area contributed by atoms with E-state index in [1.807, 2.05) is 13.2 Å². The van der Waals surface area contributed by atoms with Crippen molar-refractivity contribution < 1.29 is 0 Å². The lowest BCUT2D eigenvalue weighted by atomic mass is 9.88. The fourth-order valence-corrected chi connectivity index (χ4v) is 4.38. The van der Waals surface area contributed by atoms with E-state index in [9.17, 15) is 0 Å². The lowest BCUT2D eigenvalue weighted by Crippen LogP contribution is -2.57. The molecular weight excluding hydrogens is 457 g/mol. The molecule has 2 heterocycles. The molecule has 1 aromatic rings. The van der Waals surface area contributed by atoms with Gasteiger partial charge in [0.1, 0.15) is 0 Å². The molecule has 1 aromatic heterocycles. The van der Waals surface area contributed by atoms with Crippen LogP contribution in [0.15, 0.2) is 11.2 Å². The third kappa shape index (κ3) is 7.31. The Morgan fingerprint density at radius 3 is 2.50 bits per heavy atom. The highest BCUT2D eigenvalue weighted by molar-refractivity contribution is 14.0. The zero-order valence-electron chi connectivity index (χ0n) is 17.1. The molecule has 1 aliphatic rings. The molecule has 2 N–H and O–H groups in total. The van der Waals surface area contributed by atoms with Crippen LogP contribution in [0.25, 0.3) is 0 Å². The average molecular weight is 494 g/mol. The summed E-state index contributed by atoms with van der Waals surface area (Å²) >= 11 is 1.77. The van der Waals surface area contributed by atoms with Crippen molar-refractivity contribution in [2.75, 3.05) is 33.2 Å². The molecule has 0 radical (unpaired) electrons. The molecule has 7 heteroatoms. The number of thiazole rings is 1. The summed E-state index contributed by atoms with van der Waals surface area (Å²) in [6.45, 7) is 15.6. The summed E-state index contributed by atoms with van der Waals surface area (Å²) in [5.41, 5.74) is 0.118. The summed E-state index contributed by atoms with van der Waals surface area (Å²) in [5.74, 6) is 2.43. The number of piperidine rings is 1. The minimum absolute atomic E-state index is 0. The lowest BCUT2D eigenvalue weighted by Gasteiger charge is -2.45. The summed E-state index contributed by atoms with van der Waals surface area (Å²) in [6, 6.07) is 0. The fourth-order valence-electron chi connectivity index (χ4n) is 3.59. The van der Waals surface area contributed by atoms with E-state index in [4.69, 9.17) is 0 Å². The van der Waals surface area contributed by atoms with Crippen LogP contribution in [0.2, 0.25) is 0 Å². The van der Waals surface area contributed by atoms with Crippen molar-refractivity contribution in [2.24, 2.45) is 16.8 Å². The monoisotopic (exact) mass is 493 g/mol. The Labute approximate surface area is 180 Å². The minimum Gasteiger partial charge on any atom is -0.356 e. The standard InChI is InChI=1S/C19H35N5S.HI/c1-14-9-15(2)12-24(11-14)19(4,5)13-23-18(20-6)21-8-7-17-22-10-16(3)25-17;/h10,14-15H,7-9,11-13H2,1-6H3,(H2,20,21,23);1H. The highest BCUT2D eigenvalue weighted by Gasteiger charge is 2.32. The van der Waals surface area contributed by atoms with E-state index in [1.54, 1.807) is 11.3 Å². The van der Waals surface area contributed by atoms with Crippen molar-refractivity contribution in [1.29, 1.82) is 0 Å². The first-order valence-corrected chi connectivity index (χ1v) is 10.2. The van der Waals surface area contributed by atoms with Crippen LogP contribution in [0.4, 0.5) is 0 Å². The van der Waals surface area contributed by atoms with Crippen molar-refractivity contribution in [3.63, 3.8) is 0 Å². The van der Waals surface area contributed by atoms with E-state index < -0.39 is 0 Å². The number of nitrogens with one attached hydrogen (secondary N) is 2. The first-order chi connectivity index (χ1) is 11.8. The Bertz CT molecular complexity index is 562. The average Bonchev–Trinajstić information content (AvgIpc) is 2.95. The van der Waals surface area contributed by atoms with Crippen molar-refractivity contribution >= 4 is 41.3 Å². The van der Waals surface area contributed by atoms with Gasteiger partial charge in [-0.1, -0.05) is 13.8 Å². The van der Waals surface area contributed by atoms with Crippen LogP contribution in [0.3, 0.4) is 0 Å². The second-order valence-electron chi connectivity index (χ2n) is 8.13. The van der Waals surface area contributed by atoms with E-state index in [1.165, 1.54) is 29.4 Å². The van der Waals surface area contributed by atoms with Gasteiger partial charge in [0.05, 0.1) is 5.01 Å². The topological polar surface area (TPSA) is 52.6 Å². The number of guanidine groups is 1. The number of aliphatic imine (C=N–C) groups is 1. The SMILES string of the molecule is CN=C(NCCc1ncc(C)s1)NCC(C)(C)N1CC(C)CC(C)C1.I. The summed E-state index contributed by atoms with van der Waals surface area (Å²) in [4.78, 5) is 12.7. The normalized spacial score (nSPS) is 22.0. The molecule has 5 nitrogen and oxygen atoms in total. The zero-order valence-corrected chi connectivity index (χ0v) is 20.3. The predicted octanol–water partition coefficient (Wildman–Crippen LogP) is 3.53. The van der Waals surface area contributed by atoms with E-state index >= 15 is 0 Å². The van der Waals surface area contributed by atoms with E-state index in [2.05, 4.69) is 60.1 Å². The van der Waals surface area contributed by atoms with Crippen LogP contribution in [0, 0.1) is 18.8 Å². The Balaban J connectivity index is 0.00000338. The second-order valence-corrected chi connectivity index (χ2v) is 9.45. The van der Waals surface area contributed by atoms with Gasteiger partial charge in [0.2, 0.25) is 0 Å². The largest absolute Gasteiger partial charge is 0.356 e. The number of likely N-dealkylation sites (tertiary alicyclic amines) is 1. The molecule has 0 amide bonds. The number of aryl methyl sites for hydroxylation is 1. The molecule has 1 saturated heterocycles. The number of nitrogens with zero attached hydrogens (tertiary/aromatic N) is 3. The smallest absolute Gasteiger partial charge is 0.191 e. The van der Waals surface area contributed by atoms with Crippen LogP contribution >= 0.6 is 35.3 Å². The maximum Gasteiger partial charge on any atom is 0.191 e. The molecule has 2 atom stereocenters. The second kappa shape index (κ2) is 10.8. The van der Waals surface area contributed by atoms with Crippen LogP contribution in [0.5, 0.6) is 0 Å². The van der Waals surface area contributed by atoms with Gasteiger partial charge in [-0.2, -0.15) is 0 Å². The minimum atomic E-state index is 0. The van der Waals surface area contributed by atoms with Crippen LogP contribution in [-0.4, -0.2) is 54.6 Å². The molecule has 0 spiro atoms. The fraction of sp³-hybridized carbons (Fsp3) is 0.789. The van der Waals surface area contributed by atoms with Gasteiger partial charge in [-0.05, 0) is 39.0 Å². The molecule has 2 unspecified atom stereocenters. The van der Waals surface area contributed by atoms with Gasteiger partial charge in [0, 0.05) is 56.3 Å². The quantitative estimate of drug-likeness (QED) is 0.362. The Morgan fingerprint density at radius 1 is 1.31 bits per heavy atom. The Hall–Kier alpha value is -0.410. The number of hydrogen-bond acceptors (Lipinski definition) is 4. The molecule has 0 saturated carbocycles. The molecular formula is C19H36IN5S. The van der Waals surface area contributed by atoms with Gasteiger partial charge in [-0.25, -0.2) is 4.98 Å². The summed E-state index contributed by atoms with van der Waals surface area (Å²) in [6.07, 6.45) is 4.22. The van der Waals surface area contributed by atoms with Crippen LogP contribution in [0.1, 0.15) is 44.0 Å². The summed E-state index contributed by atoms with van der Waals surface area (Å²) in [5, 5.41) is 8.09. The summed E-state index contributed by atoms with van der Waals surface area (Å²) < 4.78 is 0. The van der Waals surface area contributed by atoms with Crippen molar-refractivity contribution in [3.8, 4) is 0 Å². The molecule has 0 aromatic carbocycles. The number of halogens is 1. The summed E-state index contributed by atoms with van der Waals surface area (Å²) in [7, 11) is 1.83. The molecule has 150 valence electrons. The van der Waals surface area contributed by atoms with Gasteiger partial charge < -0.3 is 10.6 Å². The number of aromatic nitrogens is 1. The van der Waals surface area contributed by atoms with E-state index in [0.29, 0.717) is 0 Å². The Kier molecular flexibility index (Phi) is 9.82. The van der Waals surface area contributed by atoms with E-state index in [-0.39, 0.29) is 29.5 Å². The maximum absolute atomic E-state index is 4.41. The third-order valence-corrected chi connectivity index (χ3v) is 5.91. The van der Waals surface area contributed by atoms with Crippen molar-refractivity contribution in [1.82, 2.24) is 20.5 Å². The van der Waals surface area contributed by atoms with Crippen LogP contribution in [-0.2, 0) is 6.42 Å². The van der Waals surface area contributed by atoms with Crippen LogP contribution < -0.4 is 10.6 Å². The number of hydrogen-bond donors (Lipinski definition) is 2. The third-order valence-electron chi connectivity index (χ3n) is 4.94. The number of rotatable bonds is 6. The highest BCUT2D eigenvalue weighted by Crippen LogP contribution is 2.26. The molecule has 0 aliphatic carbocycles. The van der Waals surface area contributed by atoms with Crippen molar-refractivity contribution in [3.05, 3.63) is 16.1 Å².